The van der Waals surface area contributed by atoms with Gasteiger partial charge in [0.1, 0.15) is 16.2 Å². The van der Waals surface area contributed by atoms with Crippen molar-refractivity contribution in [2.24, 2.45) is 5.92 Å². The van der Waals surface area contributed by atoms with E-state index in [1.165, 1.54) is 4.31 Å². The van der Waals surface area contributed by atoms with Gasteiger partial charge in [0.05, 0.1) is 25.3 Å². The Kier molecular flexibility index (Phi) is 4.36. The molecule has 2 aromatic rings. The summed E-state index contributed by atoms with van der Waals surface area (Å²) in [5.74, 6) is 0.662. The lowest BCUT2D eigenvalue weighted by Crippen LogP contribution is -2.49. The van der Waals surface area contributed by atoms with E-state index in [9.17, 15) is 13.2 Å². The molecule has 1 aromatic heterocycles. The maximum Gasteiger partial charge on any atom is 0.247 e. The van der Waals surface area contributed by atoms with Crippen molar-refractivity contribution in [1.29, 1.82) is 0 Å². The molecule has 29 heavy (non-hydrogen) atoms. The van der Waals surface area contributed by atoms with Gasteiger partial charge in [-0.25, -0.2) is 8.42 Å². The lowest BCUT2D eigenvalue weighted by atomic mass is 10.0. The fourth-order valence-corrected chi connectivity index (χ4v) is 5.81. The predicted octanol–water partition coefficient (Wildman–Crippen LogP) is 2.05. The van der Waals surface area contributed by atoms with Crippen molar-refractivity contribution in [3.05, 3.63) is 54.4 Å². The van der Waals surface area contributed by atoms with Crippen LogP contribution >= 0.6 is 0 Å². The number of ether oxygens (including phenoxy) is 1. The first-order valence-corrected chi connectivity index (χ1v) is 11.4. The van der Waals surface area contributed by atoms with E-state index in [-0.39, 0.29) is 29.8 Å². The van der Waals surface area contributed by atoms with Crippen molar-refractivity contribution in [2.75, 3.05) is 19.6 Å². The van der Waals surface area contributed by atoms with Gasteiger partial charge >= 0.3 is 0 Å². The summed E-state index contributed by atoms with van der Waals surface area (Å²) in [6, 6.07) is 12.2. The molecule has 0 radical (unpaired) electrons. The molecule has 3 aliphatic rings. The SMILES string of the molecule is O=C(C1CC1)N1CCC2(C1)CN(Cc1ccccn1)S(=O)(=O)c1ccccc1O2. The van der Waals surface area contributed by atoms with Crippen LogP contribution in [0.2, 0.25) is 0 Å². The molecule has 0 bridgehead atoms. The number of rotatable bonds is 3. The van der Waals surface area contributed by atoms with Crippen LogP contribution in [0, 0.1) is 5.92 Å². The van der Waals surface area contributed by atoms with Crippen molar-refractivity contribution in [2.45, 2.75) is 36.3 Å². The van der Waals surface area contributed by atoms with Crippen LogP contribution in [0.3, 0.4) is 0 Å². The minimum Gasteiger partial charge on any atom is -0.483 e. The van der Waals surface area contributed by atoms with Crippen LogP contribution in [-0.2, 0) is 21.4 Å². The first-order chi connectivity index (χ1) is 14.0. The highest BCUT2D eigenvalue weighted by Crippen LogP contribution is 2.40. The topological polar surface area (TPSA) is 79.8 Å². The van der Waals surface area contributed by atoms with Gasteiger partial charge in [-0.05, 0) is 37.1 Å². The average molecular weight is 413 g/mol. The van der Waals surface area contributed by atoms with Crippen molar-refractivity contribution in [3.63, 3.8) is 0 Å². The zero-order valence-corrected chi connectivity index (χ0v) is 16.8. The molecular weight excluding hydrogens is 390 g/mol. The lowest BCUT2D eigenvalue weighted by Gasteiger charge is -2.31. The van der Waals surface area contributed by atoms with Crippen molar-refractivity contribution < 1.29 is 17.9 Å². The number of benzene rings is 1. The monoisotopic (exact) mass is 413 g/mol. The highest BCUT2D eigenvalue weighted by molar-refractivity contribution is 7.89. The minimum absolute atomic E-state index is 0.136. The van der Waals surface area contributed by atoms with Gasteiger partial charge in [0.15, 0.2) is 0 Å². The predicted molar refractivity (Wildman–Crippen MR) is 106 cm³/mol. The Morgan fingerprint density at radius 1 is 1.14 bits per heavy atom. The third-order valence-corrected chi connectivity index (χ3v) is 7.71. The smallest absolute Gasteiger partial charge is 0.247 e. The van der Waals surface area contributed by atoms with Crippen LogP contribution < -0.4 is 4.74 Å². The van der Waals surface area contributed by atoms with Crippen LogP contribution in [0.5, 0.6) is 5.75 Å². The summed E-state index contributed by atoms with van der Waals surface area (Å²) in [5.41, 5.74) is -0.0755. The second-order valence-electron chi connectivity index (χ2n) is 8.11. The molecule has 1 unspecified atom stereocenters. The van der Waals surface area contributed by atoms with E-state index in [1.807, 2.05) is 17.0 Å². The molecule has 1 atom stereocenters. The molecule has 1 aromatic carbocycles. The number of hydrogen-bond donors (Lipinski definition) is 0. The van der Waals surface area contributed by atoms with Crippen molar-refractivity contribution >= 4 is 15.9 Å². The maximum atomic E-state index is 13.4. The number of para-hydroxylation sites is 1. The average Bonchev–Trinajstić information content (AvgIpc) is 3.50. The Morgan fingerprint density at radius 3 is 2.69 bits per heavy atom. The van der Waals surface area contributed by atoms with Crippen LogP contribution in [-0.4, -0.2) is 53.7 Å². The number of carbonyl (C=O) groups excluding carboxylic acids is 1. The molecule has 0 N–H and O–H groups in total. The Balaban J connectivity index is 1.52. The Morgan fingerprint density at radius 2 is 1.93 bits per heavy atom. The second kappa shape index (κ2) is 6.81. The minimum atomic E-state index is -3.76. The molecule has 2 aliphatic heterocycles. The number of nitrogens with zero attached hydrogens (tertiary/aromatic N) is 3. The summed E-state index contributed by atoms with van der Waals surface area (Å²) >= 11 is 0. The molecule has 3 heterocycles. The molecule has 1 spiro atoms. The van der Waals surface area contributed by atoms with Crippen molar-refractivity contribution in [1.82, 2.24) is 14.2 Å². The van der Waals surface area contributed by atoms with E-state index in [0.29, 0.717) is 31.0 Å². The number of carbonyl (C=O) groups is 1. The number of likely N-dealkylation sites (tertiary alicyclic amines) is 1. The maximum absolute atomic E-state index is 13.4. The molecule has 2 fully saturated rings. The van der Waals surface area contributed by atoms with Crippen LogP contribution in [0.4, 0.5) is 0 Å². The fraction of sp³-hybridized carbons (Fsp3) is 0.429. The summed E-state index contributed by atoms with van der Waals surface area (Å²) in [5, 5.41) is 0. The fourth-order valence-electron chi connectivity index (χ4n) is 4.21. The molecule has 1 aliphatic carbocycles. The highest BCUT2D eigenvalue weighted by Gasteiger charge is 2.50. The van der Waals surface area contributed by atoms with E-state index >= 15 is 0 Å². The Hall–Kier alpha value is -2.45. The number of amides is 1. The van der Waals surface area contributed by atoms with Crippen LogP contribution in [0.25, 0.3) is 0 Å². The zero-order chi connectivity index (χ0) is 20.1. The third-order valence-electron chi connectivity index (χ3n) is 5.88. The lowest BCUT2D eigenvalue weighted by molar-refractivity contribution is -0.132. The van der Waals surface area contributed by atoms with Crippen molar-refractivity contribution in [3.8, 4) is 5.75 Å². The van der Waals surface area contributed by atoms with E-state index in [4.69, 9.17) is 4.74 Å². The standard InChI is InChI=1S/C21H23N3O4S/c25-20(16-8-9-16)23-12-10-21(14-23)15-24(13-17-5-3-4-11-22-17)29(26,27)19-7-2-1-6-18(19)28-21/h1-7,11,16H,8-10,12-15H2. The van der Waals surface area contributed by atoms with E-state index in [0.717, 1.165) is 12.8 Å². The quantitative estimate of drug-likeness (QED) is 0.769. The number of aromatic nitrogens is 1. The van der Waals surface area contributed by atoms with E-state index < -0.39 is 15.6 Å². The summed E-state index contributed by atoms with van der Waals surface area (Å²) in [6.07, 6.45) is 4.16. The number of hydrogen-bond acceptors (Lipinski definition) is 5. The Bertz CT molecular complexity index is 1040. The molecule has 1 saturated carbocycles. The van der Waals surface area contributed by atoms with Crippen LogP contribution in [0.15, 0.2) is 53.6 Å². The van der Waals surface area contributed by atoms with Gasteiger partial charge in [0, 0.05) is 25.1 Å². The number of sulfonamides is 1. The second-order valence-corrected chi connectivity index (χ2v) is 10.0. The molecule has 152 valence electrons. The first-order valence-electron chi connectivity index (χ1n) is 9.94. The van der Waals surface area contributed by atoms with E-state index in [1.54, 1.807) is 36.5 Å². The van der Waals surface area contributed by atoms with Gasteiger partial charge in [0.2, 0.25) is 15.9 Å². The molecule has 7 nitrogen and oxygen atoms in total. The summed E-state index contributed by atoms with van der Waals surface area (Å²) in [7, 11) is -3.76. The number of pyridine rings is 1. The third kappa shape index (κ3) is 3.40. The molecule has 8 heteroatoms. The molecular formula is C21H23N3O4S. The number of fused-ring (bicyclic) bond motifs is 1. The first kappa shape index (κ1) is 18.6. The molecule has 1 amide bonds. The summed E-state index contributed by atoms with van der Waals surface area (Å²) in [4.78, 5) is 18.9. The van der Waals surface area contributed by atoms with Gasteiger partial charge < -0.3 is 9.64 Å². The summed E-state index contributed by atoms with van der Waals surface area (Å²) < 4.78 is 34.7. The van der Waals surface area contributed by atoms with E-state index in [2.05, 4.69) is 4.98 Å². The normalized spacial score (nSPS) is 26.0. The van der Waals surface area contributed by atoms with Gasteiger partial charge in [-0.3, -0.25) is 9.78 Å². The summed E-state index contributed by atoms with van der Waals surface area (Å²) in [6.45, 7) is 1.36. The zero-order valence-electron chi connectivity index (χ0n) is 16.0. The van der Waals surface area contributed by atoms with Gasteiger partial charge in [-0.15, -0.1) is 0 Å². The van der Waals surface area contributed by atoms with Crippen LogP contribution in [0.1, 0.15) is 25.0 Å². The largest absolute Gasteiger partial charge is 0.483 e. The van der Waals surface area contributed by atoms with Gasteiger partial charge in [0.25, 0.3) is 0 Å². The van der Waals surface area contributed by atoms with Gasteiger partial charge in [-0.1, -0.05) is 18.2 Å². The van der Waals surface area contributed by atoms with Gasteiger partial charge in [-0.2, -0.15) is 4.31 Å². The Labute approximate surface area is 170 Å². The molecule has 1 saturated heterocycles. The highest BCUT2D eigenvalue weighted by atomic mass is 32.2. The molecule has 5 rings (SSSR count).